The zero-order valence-electron chi connectivity index (χ0n) is 34.2. The summed E-state index contributed by atoms with van der Waals surface area (Å²) in [7, 11) is -1.97. The molecule has 2 heterocycles. The summed E-state index contributed by atoms with van der Waals surface area (Å²) in [4.78, 5) is 31.7. The molecular formula is C39H65F2N5O5Si. The second-order valence-corrected chi connectivity index (χ2v) is 23.4. The molecule has 1 saturated carbocycles. The highest BCUT2D eigenvalue weighted by atomic mass is 28.4. The molecule has 0 unspecified atom stereocenters. The standard InChI is InChI=1S/C39H65F2N5O5Si/c1-36(2,3)46-32(25-30(44-46)26-19-20-29(22-26)51-52(13,14)39(10,11)12)45(35(48)50-38(7,8)9)28-23-27(43-31(24-28)33(40)41)18-16-15-17-21-42-34(47)49-37(4,5)6/h23-26,29,33H,15-22H2,1-14H3,(H,42,47)/t26-,29+/m0/s1. The van der Waals surface area contributed by atoms with E-state index in [0.717, 1.165) is 31.4 Å². The molecule has 1 fully saturated rings. The number of halogens is 2. The number of aryl methyl sites for hydroxylation is 1. The highest BCUT2D eigenvalue weighted by Gasteiger charge is 2.42. The first kappa shape index (κ1) is 43.3. The number of amides is 2. The van der Waals surface area contributed by atoms with Gasteiger partial charge < -0.3 is 19.2 Å². The van der Waals surface area contributed by atoms with Crippen LogP contribution in [0, 0.1) is 0 Å². The van der Waals surface area contributed by atoms with Crippen molar-refractivity contribution in [2.75, 3.05) is 11.4 Å². The molecule has 0 spiro atoms. The van der Waals surface area contributed by atoms with Gasteiger partial charge in [-0.25, -0.2) is 28.0 Å². The number of unbranched alkanes of at least 4 members (excludes halogenated alkanes) is 2. The topological polar surface area (TPSA) is 108 Å². The van der Waals surface area contributed by atoms with Gasteiger partial charge in [0, 0.05) is 30.3 Å². The minimum atomic E-state index is -2.85. The fraction of sp³-hybridized carbons (Fsp3) is 0.744. The molecule has 1 N–H and O–H groups in total. The lowest BCUT2D eigenvalue weighted by Gasteiger charge is -2.38. The van der Waals surface area contributed by atoms with E-state index in [1.165, 1.54) is 11.0 Å². The van der Waals surface area contributed by atoms with Crippen LogP contribution in [0.5, 0.6) is 0 Å². The average molecular weight is 750 g/mol. The van der Waals surface area contributed by atoms with Crippen LogP contribution in [0.2, 0.25) is 18.1 Å². The second kappa shape index (κ2) is 16.5. The molecule has 0 saturated heterocycles. The van der Waals surface area contributed by atoms with Gasteiger partial charge in [0.25, 0.3) is 6.43 Å². The van der Waals surface area contributed by atoms with Crippen LogP contribution in [0.1, 0.15) is 151 Å². The smallest absolute Gasteiger partial charge is 0.420 e. The fourth-order valence-corrected chi connectivity index (χ4v) is 7.27. The van der Waals surface area contributed by atoms with Gasteiger partial charge in [-0.3, -0.25) is 4.98 Å². The predicted octanol–water partition coefficient (Wildman–Crippen LogP) is 10.9. The molecule has 52 heavy (non-hydrogen) atoms. The number of alkyl carbamates (subject to hydrolysis) is 1. The number of carbonyl (C=O) groups excluding carboxylic acids is 2. The zero-order chi connectivity index (χ0) is 39.4. The highest BCUT2D eigenvalue weighted by Crippen LogP contribution is 2.44. The Kier molecular flexibility index (Phi) is 13.8. The minimum Gasteiger partial charge on any atom is -0.444 e. The number of hydrogen-bond donors (Lipinski definition) is 1. The van der Waals surface area contributed by atoms with Gasteiger partial charge in [0.05, 0.1) is 16.9 Å². The molecule has 2 amide bonds. The van der Waals surface area contributed by atoms with Crippen molar-refractivity contribution in [1.82, 2.24) is 20.1 Å². The van der Waals surface area contributed by atoms with E-state index in [1.807, 2.05) is 26.8 Å². The molecule has 0 bridgehead atoms. The lowest BCUT2D eigenvalue weighted by molar-refractivity contribution is 0.0525. The van der Waals surface area contributed by atoms with Crippen LogP contribution < -0.4 is 10.2 Å². The lowest BCUT2D eigenvalue weighted by atomic mass is 10.0. The first-order valence-corrected chi connectivity index (χ1v) is 21.6. The Labute approximate surface area is 311 Å². The first-order valence-electron chi connectivity index (χ1n) is 18.7. The van der Waals surface area contributed by atoms with Gasteiger partial charge in [-0.2, -0.15) is 5.10 Å². The first-order chi connectivity index (χ1) is 23.7. The van der Waals surface area contributed by atoms with Crippen molar-refractivity contribution in [1.29, 1.82) is 0 Å². The Morgan fingerprint density at radius 2 is 1.56 bits per heavy atom. The molecule has 1 aliphatic carbocycles. The molecule has 13 heteroatoms. The Hall–Kier alpha value is -3.06. The Morgan fingerprint density at radius 3 is 2.12 bits per heavy atom. The SMILES string of the molecule is CC(C)(C)OC(=O)NCCCCCc1cc(N(C(=O)OC(C)(C)C)c2cc([C@H]3CC[C@@H](O[Si](C)(C)C(C)(C)C)C3)nn2C(C)(C)C)cc(C(F)F)n1. The van der Waals surface area contributed by atoms with Gasteiger partial charge in [0.15, 0.2) is 8.32 Å². The summed E-state index contributed by atoms with van der Waals surface area (Å²) in [5, 5.41) is 7.92. The number of alkyl halides is 2. The normalized spacial score (nSPS) is 17.4. The van der Waals surface area contributed by atoms with Gasteiger partial charge in [-0.1, -0.05) is 27.2 Å². The van der Waals surface area contributed by atoms with Crippen LogP contribution in [0.25, 0.3) is 0 Å². The molecule has 3 rings (SSSR count). The van der Waals surface area contributed by atoms with Crippen molar-refractivity contribution in [2.45, 2.75) is 181 Å². The van der Waals surface area contributed by atoms with E-state index < -0.39 is 49.4 Å². The fourth-order valence-electron chi connectivity index (χ4n) is 5.87. The van der Waals surface area contributed by atoms with Gasteiger partial charge in [-0.15, -0.1) is 0 Å². The van der Waals surface area contributed by atoms with Crippen LogP contribution in [0.4, 0.5) is 29.9 Å². The number of ether oxygens (including phenoxy) is 2. The maximum absolute atomic E-state index is 14.4. The largest absolute Gasteiger partial charge is 0.444 e. The van der Waals surface area contributed by atoms with Crippen LogP contribution in [-0.2, 0) is 25.9 Å². The monoisotopic (exact) mass is 749 g/mol. The van der Waals surface area contributed by atoms with Crippen molar-refractivity contribution in [3.8, 4) is 0 Å². The zero-order valence-corrected chi connectivity index (χ0v) is 35.2. The van der Waals surface area contributed by atoms with E-state index in [-0.39, 0.29) is 22.7 Å². The Morgan fingerprint density at radius 1 is 0.923 bits per heavy atom. The number of hydrogen-bond acceptors (Lipinski definition) is 7. The molecule has 0 radical (unpaired) electrons. The minimum absolute atomic E-state index is 0.0967. The highest BCUT2D eigenvalue weighted by molar-refractivity contribution is 6.74. The Balaban J connectivity index is 1.96. The van der Waals surface area contributed by atoms with Crippen LogP contribution in [-0.4, -0.2) is 59.1 Å². The summed E-state index contributed by atoms with van der Waals surface area (Å²) < 4.78 is 48.5. The van der Waals surface area contributed by atoms with Crippen molar-refractivity contribution in [3.63, 3.8) is 0 Å². The molecule has 294 valence electrons. The molecule has 2 aromatic heterocycles. The lowest BCUT2D eigenvalue weighted by Crippen LogP contribution is -2.43. The van der Waals surface area contributed by atoms with Crippen molar-refractivity contribution in [2.24, 2.45) is 0 Å². The number of nitrogens with one attached hydrogen (secondary N) is 1. The second-order valence-electron chi connectivity index (χ2n) is 18.6. The molecule has 0 aliphatic heterocycles. The Bertz CT molecular complexity index is 1520. The third kappa shape index (κ3) is 12.5. The number of rotatable bonds is 12. The van der Waals surface area contributed by atoms with E-state index in [9.17, 15) is 18.4 Å². The van der Waals surface area contributed by atoms with Gasteiger partial charge in [0.1, 0.15) is 22.7 Å². The summed E-state index contributed by atoms with van der Waals surface area (Å²) in [5.74, 6) is 0.558. The maximum Gasteiger partial charge on any atom is 0.420 e. The summed E-state index contributed by atoms with van der Waals surface area (Å²) in [5.41, 5.74) is -0.896. The number of carbonyl (C=O) groups is 2. The number of anilines is 2. The molecule has 0 aromatic carbocycles. The van der Waals surface area contributed by atoms with Crippen molar-refractivity contribution < 1.29 is 32.3 Å². The number of nitrogens with zero attached hydrogens (tertiary/aromatic N) is 4. The quantitative estimate of drug-likeness (QED) is 0.170. The van der Waals surface area contributed by atoms with Crippen LogP contribution in [0.15, 0.2) is 18.2 Å². The third-order valence-corrected chi connectivity index (χ3v) is 13.9. The average Bonchev–Trinajstić information content (AvgIpc) is 3.59. The maximum atomic E-state index is 14.4. The van der Waals surface area contributed by atoms with Crippen LogP contribution >= 0.6 is 0 Å². The predicted molar refractivity (Wildman–Crippen MR) is 205 cm³/mol. The molecular weight excluding hydrogens is 685 g/mol. The third-order valence-electron chi connectivity index (χ3n) is 9.36. The summed E-state index contributed by atoms with van der Waals surface area (Å²) in [6, 6.07) is 4.86. The van der Waals surface area contributed by atoms with E-state index in [1.54, 1.807) is 52.3 Å². The number of aromatic nitrogens is 3. The van der Waals surface area contributed by atoms with Crippen molar-refractivity contribution >= 4 is 32.0 Å². The summed E-state index contributed by atoms with van der Waals surface area (Å²) in [6.07, 6.45) is 1.21. The van der Waals surface area contributed by atoms with E-state index in [0.29, 0.717) is 37.3 Å². The molecule has 10 nitrogen and oxygen atoms in total. The van der Waals surface area contributed by atoms with Crippen molar-refractivity contribution in [3.05, 3.63) is 35.3 Å². The van der Waals surface area contributed by atoms with Gasteiger partial charge >= 0.3 is 12.2 Å². The number of pyridine rings is 1. The summed E-state index contributed by atoms with van der Waals surface area (Å²) >= 11 is 0. The van der Waals surface area contributed by atoms with E-state index in [4.69, 9.17) is 19.0 Å². The van der Waals surface area contributed by atoms with Gasteiger partial charge in [0.2, 0.25) is 0 Å². The molecule has 2 aromatic rings. The molecule has 2 atom stereocenters. The van der Waals surface area contributed by atoms with Crippen LogP contribution in [0.3, 0.4) is 0 Å². The van der Waals surface area contributed by atoms with E-state index in [2.05, 4.69) is 44.2 Å². The van der Waals surface area contributed by atoms with Gasteiger partial charge in [-0.05, 0) is 131 Å². The van der Waals surface area contributed by atoms with E-state index >= 15 is 0 Å². The molecule has 1 aliphatic rings. The summed E-state index contributed by atoms with van der Waals surface area (Å²) in [6.45, 7) is 28.4.